The molecule has 3 atom stereocenters. The lowest BCUT2D eigenvalue weighted by Gasteiger charge is -2.25. The maximum atomic E-state index is 12.9. The van der Waals surface area contributed by atoms with Gasteiger partial charge in [0, 0.05) is 6.42 Å². The summed E-state index contributed by atoms with van der Waals surface area (Å²) in [6, 6.07) is -0.841. The first-order valence-corrected chi connectivity index (χ1v) is 28.7. The van der Waals surface area contributed by atoms with Crippen molar-refractivity contribution in [3.05, 3.63) is 24.3 Å². The van der Waals surface area contributed by atoms with Gasteiger partial charge in [-0.05, 0) is 44.9 Å². The Labute approximate surface area is 392 Å². The SMILES string of the molecule is CCCCCCCCCC/C=C\CCCCCCCCCCCCCCCCCCCCCC(=O)NC(COP(=O)(O)OCC[N+](C)(C)C)C(O)/C=C/CCCCCCCCCC. The summed E-state index contributed by atoms with van der Waals surface area (Å²) in [6.07, 6.45) is 57.2. The van der Waals surface area contributed by atoms with Crippen molar-refractivity contribution in [3.63, 3.8) is 0 Å². The normalized spacial score (nSPS) is 14.2. The number of carbonyl (C=O) groups is 1. The van der Waals surface area contributed by atoms with Crippen LogP contribution in [0.25, 0.3) is 0 Å². The minimum Gasteiger partial charge on any atom is -0.387 e. The van der Waals surface area contributed by atoms with Gasteiger partial charge in [0.2, 0.25) is 5.91 Å². The molecule has 9 heteroatoms. The topological polar surface area (TPSA) is 105 Å². The first-order chi connectivity index (χ1) is 30.5. The van der Waals surface area contributed by atoms with Crippen molar-refractivity contribution in [1.29, 1.82) is 0 Å². The van der Waals surface area contributed by atoms with Crippen LogP contribution >= 0.6 is 7.82 Å². The van der Waals surface area contributed by atoms with Crippen LogP contribution in [0.4, 0.5) is 0 Å². The third-order valence-electron chi connectivity index (χ3n) is 12.4. The van der Waals surface area contributed by atoms with Gasteiger partial charge in [0.15, 0.2) is 0 Å². The van der Waals surface area contributed by atoms with Crippen LogP contribution in [0, 0.1) is 0 Å². The second kappa shape index (κ2) is 46.1. The Morgan fingerprint density at radius 1 is 0.524 bits per heavy atom. The predicted molar refractivity (Wildman–Crippen MR) is 272 cm³/mol. The van der Waals surface area contributed by atoms with Crippen LogP contribution in [-0.2, 0) is 18.4 Å². The van der Waals surface area contributed by atoms with Crippen molar-refractivity contribution < 1.29 is 32.9 Å². The summed E-state index contributed by atoms with van der Waals surface area (Å²) in [4.78, 5) is 23.2. The van der Waals surface area contributed by atoms with Crippen molar-refractivity contribution in [3.8, 4) is 0 Å². The molecule has 0 aromatic rings. The van der Waals surface area contributed by atoms with Gasteiger partial charge < -0.3 is 19.8 Å². The third kappa shape index (κ3) is 48.7. The Morgan fingerprint density at radius 2 is 0.857 bits per heavy atom. The lowest BCUT2D eigenvalue weighted by molar-refractivity contribution is -0.870. The molecule has 0 aliphatic rings. The second-order valence-electron chi connectivity index (χ2n) is 20.0. The van der Waals surface area contributed by atoms with Crippen LogP contribution in [0.15, 0.2) is 24.3 Å². The van der Waals surface area contributed by atoms with Crippen LogP contribution in [-0.4, -0.2) is 73.4 Å². The van der Waals surface area contributed by atoms with Gasteiger partial charge in [-0.25, -0.2) is 4.57 Å². The minimum atomic E-state index is -4.33. The molecule has 374 valence electrons. The molecule has 0 aliphatic carbocycles. The van der Waals surface area contributed by atoms with Crippen molar-refractivity contribution >= 4 is 13.7 Å². The molecule has 0 aromatic heterocycles. The smallest absolute Gasteiger partial charge is 0.387 e. The highest BCUT2D eigenvalue weighted by Crippen LogP contribution is 2.43. The lowest BCUT2D eigenvalue weighted by atomic mass is 10.0. The third-order valence-corrected chi connectivity index (χ3v) is 13.4. The quantitative estimate of drug-likeness (QED) is 0.0243. The fourth-order valence-corrected chi connectivity index (χ4v) is 8.83. The molecule has 1 amide bonds. The summed E-state index contributed by atoms with van der Waals surface area (Å²) < 4.78 is 23.6. The van der Waals surface area contributed by atoms with Crippen molar-refractivity contribution in [2.24, 2.45) is 0 Å². The number of aliphatic hydroxyl groups is 1. The fraction of sp³-hybridized carbons (Fsp3) is 0.907. The summed E-state index contributed by atoms with van der Waals surface area (Å²) in [7, 11) is 1.58. The van der Waals surface area contributed by atoms with Crippen LogP contribution < -0.4 is 5.32 Å². The van der Waals surface area contributed by atoms with Gasteiger partial charge in [0.05, 0.1) is 39.9 Å². The number of phosphoric ester groups is 1. The van der Waals surface area contributed by atoms with Crippen molar-refractivity contribution in [1.82, 2.24) is 5.32 Å². The molecule has 0 saturated heterocycles. The van der Waals surface area contributed by atoms with Crippen molar-refractivity contribution in [2.45, 2.75) is 276 Å². The summed E-state index contributed by atoms with van der Waals surface area (Å²) in [5.74, 6) is -0.175. The number of hydrogen-bond acceptors (Lipinski definition) is 5. The zero-order valence-electron chi connectivity index (χ0n) is 42.6. The van der Waals surface area contributed by atoms with E-state index in [1.165, 1.54) is 205 Å². The molecule has 3 unspecified atom stereocenters. The molecule has 0 rings (SSSR count). The zero-order chi connectivity index (χ0) is 46.4. The van der Waals surface area contributed by atoms with Gasteiger partial charge in [-0.1, -0.05) is 237 Å². The standard InChI is InChI=1S/C54H107N2O6P/c1-6-8-10-12-14-16-18-19-20-21-22-23-24-25-26-27-28-29-30-31-32-33-34-35-36-37-38-40-42-44-46-48-54(58)55-52(51-62-63(59,60)61-50-49-56(3,4)5)53(57)47-45-43-41-39-17-15-13-11-9-7-2/h21-22,45,47,52-53,57H,6-20,23-44,46,48-51H2,1-5H3,(H-,55,58,59,60)/p+1/b22-21-,47-45+. The van der Waals surface area contributed by atoms with E-state index in [-0.39, 0.29) is 19.1 Å². The first kappa shape index (κ1) is 62.0. The Bertz CT molecular complexity index is 1080. The Morgan fingerprint density at radius 3 is 1.22 bits per heavy atom. The highest BCUT2D eigenvalue weighted by Gasteiger charge is 2.27. The van der Waals surface area contributed by atoms with Gasteiger partial charge in [-0.15, -0.1) is 0 Å². The Hall–Kier alpha value is -1.02. The lowest BCUT2D eigenvalue weighted by Crippen LogP contribution is -2.45. The molecule has 0 aliphatic heterocycles. The van der Waals surface area contributed by atoms with E-state index in [2.05, 4.69) is 31.3 Å². The highest BCUT2D eigenvalue weighted by atomic mass is 31.2. The number of carbonyl (C=O) groups excluding carboxylic acids is 1. The number of allylic oxidation sites excluding steroid dienone is 3. The van der Waals surface area contributed by atoms with Gasteiger partial charge in [0.25, 0.3) is 0 Å². The predicted octanol–water partition coefficient (Wildman–Crippen LogP) is 16.0. The number of nitrogens with one attached hydrogen (secondary N) is 1. The summed E-state index contributed by atoms with van der Waals surface area (Å²) in [5.41, 5.74) is 0. The number of hydrogen-bond donors (Lipinski definition) is 3. The number of likely N-dealkylation sites (N-methyl/N-ethyl adjacent to an activating group) is 1. The van der Waals surface area contributed by atoms with E-state index in [9.17, 15) is 19.4 Å². The largest absolute Gasteiger partial charge is 0.472 e. The summed E-state index contributed by atoms with van der Waals surface area (Å²) in [6.45, 7) is 4.81. The average molecular weight is 912 g/mol. The van der Waals surface area contributed by atoms with Crippen LogP contribution in [0.1, 0.15) is 264 Å². The van der Waals surface area contributed by atoms with E-state index < -0.39 is 20.0 Å². The van der Waals surface area contributed by atoms with E-state index in [0.717, 1.165) is 38.5 Å². The van der Waals surface area contributed by atoms with E-state index in [1.807, 2.05) is 27.2 Å². The average Bonchev–Trinajstić information content (AvgIpc) is 3.24. The maximum absolute atomic E-state index is 12.9. The zero-order valence-corrected chi connectivity index (χ0v) is 43.5. The molecule has 0 saturated carbocycles. The fourth-order valence-electron chi connectivity index (χ4n) is 8.10. The Kier molecular flexibility index (Phi) is 45.4. The second-order valence-corrected chi connectivity index (χ2v) is 21.4. The summed E-state index contributed by atoms with van der Waals surface area (Å²) in [5, 5.41) is 13.8. The number of quaternary nitrogens is 1. The molecule has 0 heterocycles. The van der Waals surface area contributed by atoms with Gasteiger partial charge >= 0.3 is 7.82 Å². The molecule has 3 N–H and O–H groups in total. The van der Waals surface area contributed by atoms with Gasteiger partial charge in [-0.2, -0.15) is 0 Å². The molecule has 0 bridgehead atoms. The number of aliphatic hydroxyl groups excluding tert-OH is 1. The Balaban J connectivity index is 3.96. The molecule has 0 spiro atoms. The van der Waals surface area contributed by atoms with Gasteiger partial charge in [-0.3, -0.25) is 13.8 Å². The number of rotatable bonds is 50. The van der Waals surface area contributed by atoms with Crippen LogP contribution in [0.2, 0.25) is 0 Å². The number of unbranched alkanes of at least 4 members (excludes halogenated alkanes) is 35. The van der Waals surface area contributed by atoms with E-state index >= 15 is 0 Å². The molecule has 0 aromatic carbocycles. The highest BCUT2D eigenvalue weighted by molar-refractivity contribution is 7.47. The number of nitrogens with zero attached hydrogens (tertiary/aromatic N) is 1. The molecule has 0 radical (unpaired) electrons. The molecular formula is C54H108N2O6P+. The maximum Gasteiger partial charge on any atom is 0.472 e. The molecule has 0 fully saturated rings. The van der Waals surface area contributed by atoms with Crippen LogP contribution in [0.3, 0.4) is 0 Å². The van der Waals surface area contributed by atoms with Crippen LogP contribution in [0.5, 0.6) is 0 Å². The van der Waals surface area contributed by atoms with E-state index in [0.29, 0.717) is 17.4 Å². The minimum absolute atomic E-state index is 0.0635. The molecule has 8 nitrogen and oxygen atoms in total. The van der Waals surface area contributed by atoms with E-state index in [1.54, 1.807) is 6.08 Å². The van der Waals surface area contributed by atoms with Crippen molar-refractivity contribution in [2.75, 3.05) is 40.9 Å². The first-order valence-electron chi connectivity index (χ1n) is 27.2. The molecule has 63 heavy (non-hydrogen) atoms. The molecular weight excluding hydrogens is 804 g/mol. The summed E-state index contributed by atoms with van der Waals surface area (Å²) >= 11 is 0. The number of phosphoric acid groups is 1. The van der Waals surface area contributed by atoms with E-state index in [4.69, 9.17) is 9.05 Å². The monoisotopic (exact) mass is 912 g/mol. The van der Waals surface area contributed by atoms with Gasteiger partial charge in [0.1, 0.15) is 13.2 Å². The number of amides is 1.